The number of nitrogens with zero attached hydrogens (tertiary/aromatic N) is 3. The van der Waals surface area contributed by atoms with Crippen molar-refractivity contribution in [2.45, 2.75) is 44.6 Å². The van der Waals surface area contributed by atoms with Crippen molar-refractivity contribution in [3.63, 3.8) is 0 Å². The number of amides is 3. The van der Waals surface area contributed by atoms with E-state index >= 15 is 0 Å². The first-order valence-electron chi connectivity index (χ1n) is 11.5. The highest BCUT2D eigenvalue weighted by Crippen LogP contribution is 2.42. The SMILES string of the molecule is COC(=O)C1CCN(C(=O)C[C@]2(c3ccccc3C)CC(=O)N(Cc3ccncc3)C2=O)CC1. The summed E-state index contributed by atoms with van der Waals surface area (Å²) in [6.07, 6.45) is 4.16. The van der Waals surface area contributed by atoms with E-state index in [0.29, 0.717) is 31.5 Å². The fourth-order valence-electron chi connectivity index (χ4n) is 5.09. The molecule has 2 aromatic rings. The van der Waals surface area contributed by atoms with Crippen molar-refractivity contribution >= 4 is 23.7 Å². The van der Waals surface area contributed by atoms with Gasteiger partial charge < -0.3 is 9.64 Å². The number of benzene rings is 1. The van der Waals surface area contributed by atoms with Gasteiger partial charge in [-0.05, 0) is 48.6 Å². The molecule has 0 aliphatic carbocycles. The van der Waals surface area contributed by atoms with Gasteiger partial charge in [0.2, 0.25) is 17.7 Å². The van der Waals surface area contributed by atoms with Crippen LogP contribution in [-0.2, 0) is 35.9 Å². The Hall–Kier alpha value is -3.55. The highest BCUT2D eigenvalue weighted by atomic mass is 16.5. The quantitative estimate of drug-likeness (QED) is 0.482. The molecule has 2 fully saturated rings. The lowest BCUT2D eigenvalue weighted by molar-refractivity contribution is -0.149. The number of aryl methyl sites for hydroxylation is 1. The Kier molecular flexibility index (Phi) is 6.77. The summed E-state index contributed by atoms with van der Waals surface area (Å²) in [5, 5.41) is 0. The molecular formula is C26H29N3O5. The maximum Gasteiger partial charge on any atom is 0.308 e. The van der Waals surface area contributed by atoms with Gasteiger partial charge in [0, 0.05) is 38.3 Å². The Morgan fingerprint density at radius 1 is 1.09 bits per heavy atom. The molecule has 4 rings (SSSR count). The molecule has 8 nitrogen and oxygen atoms in total. The summed E-state index contributed by atoms with van der Waals surface area (Å²) < 4.78 is 4.83. The number of imide groups is 1. The predicted octanol–water partition coefficient (Wildman–Crippen LogP) is 2.39. The molecule has 1 aromatic carbocycles. The Morgan fingerprint density at radius 2 is 1.76 bits per heavy atom. The van der Waals surface area contributed by atoms with Gasteiger partial charge in [-0.1, -0.05) is 24.3 Å². The van der Waals surface area contributed by atoms with Crippen LogP contribution in [0, 0.1) is 12.8 Å². The average molecular weight is 464 g/mol. The summed E-state index contributed by atoms with van der Waals surface area (Å²) >= 11 is 0. The molecule has 2 aliphatic rings. The van der Waals surface area contributed by atoms with Crippen LogP contribution in [0.3, 0.4) is 0 Å². The maximum atomic E-state index is 13.9. The van der Waals surface area contributed by atoms with E-state index in [2.05, 4.69) is 4.98 Å². The maximum absolute atomic E-state index is 13.9. The normalized spacial score (nSPS) is 21.1. The number of piperidine rings is 1. The number of pyridine rings is 1. The number of carbonyl (C=O) groups is 4. The van der Waals surface area contributed by atoms with E-state index < -0.39 is 5.41 Å². The van der Waals surface area contributed by atoms with Crippen molar-refractivity contribution in [2.75, 3.05) is 20.2 Å². The van der Waals surface area contributed by atoms with Crippen LogP contribution in [0.4, 0.5) is 0 Å². The molecule has 1 aromatic heterocycles. The van der Waals surface area contributed by atoms with E-state index in [4.69, 9.17) is 4.74 Å². The van der Waals surface area contributed by atoms with E-state index in [0.717, 1.165) is 11.1 Å². The zero-order chi connectivity index (χ0) is 24.3. The van der Waals surface area contributed by atoms with Gasteiger partial charge in [0.1, 0.15) is 0 Å². The number of hydrogen-bond acceptors (Lipinski definition) is 6. The Labute approximate surface area is 198 Å². The first kappa shape index (κ1) is 23.6. The number of aromatic nitrogens is 1. The summed E-state index contributed by atoms with van der Waals surface area (Å²) in [4.78, 5) is 59.2. The topological polar surface area (TPSA) is 96.9 Å². The molecule has 0 N–H and O–H groups in total. The number of rotatable bonds is 6. The van der Waals surface area contributed by atoms with Crippen LogP contribution in [0.5, 0.6) is 0 Å². The Bertz CT molecular complexity index is 1090. The van der Waals surface area contributed by atoms with Gasteiger partial charge in [0.05, 0.1) is 25.0 Å². The molecule has 2 saturated heterocycles. The number of hydrogen-bond donors (Lipinski definition) is 0. The van der Waals surface area contributed by atoms with E-state index in [1.54, 1.807) is 29.4 Å². The van der Waals surface area contributed by atoms with Gasteiger partial charge in [0.15, 0.2) is 0 Å². The smallest absolute Gasteiger partial charge is 0.308 e. The number of ether oxygens (including phenoxy) is 1. The van der Waals surface area contributed by atoms with Gasteiger partial charge in [0.25, 0.3) is 0 Å². The van der Waals surface area contributed by atoms with E-state index in [-0.39, 0.29) is 49.0 Å². The van der Waals surface area contributed by atoms with E-state index in [9.17, 15) is 19.2 Å². The molecule has 0 saturated carbocycles. The van der Waals surface area contributed by atoms with Gasteiger partial charge in [-0.3, -0.25) is 29.1 Å². The van der Waals surface area contributed by atoms with Gasteiger partial charge in [-0.15, -0.1) is 0 Å². The van der Waals surface area contributed by atoms with Crippen LogP contribution in [-0.4, -0.2) is 58.7 Å². The summed E-state index contributed by atoms with van der Waals surface area (Å²) in [6, 6.07) is 11.0. The molecule has 0 bridgehead atoms. The number of likely N-dealkylation sites (tertiary alicyclic amines) is 2. The second-order valence-electron chi connectivity index (χ2n) is 9.07. The monoisotopic (exact) mass is 463 g/mol. The Balaban J connectivity index is 1.60. The molecule has 3 amide bonds. The van der Waals surface area contributed by atoms with Crippen LogP contribution in [0.2, 0.25) is 0 Å². The lowest BCUT2D eigenvalue weighted by Gasteiger charge is -2.34. The fourth-order valence-corrected chi connectivity index (χ4v) is 5.09. The Morgan fingerprint density at radius 3 is 2.41 bits per heavy atom. The van der Waals surface area contributed by atoms with E-state index in [1.807, 2.05) is 31.2 Å². The number of esters is 1. The molecule has 8 heteroatoms. The van der Waals surface area contributed by atoms with Crippen LogP contribution < -0.4 is 0 Å². The van der Waals surface area contributed by atoms with Crippen molar-refractivity contribution in [1.29, 1.82) is 0 Å². The minimum absolute atomic E-state index is 0.0495. The highest BCUT2D eigenvalue weighted by molar-refractivity contribution is 6.10. The van der Waals surface area contributed by atoms with Crippen LogP contribution >= 0.6 is 0 Å². The third kappa shape index (κ3) is 4.44. The summed E-state index contributed by atoms with van der Waals surface area (Å²) in [6.45, 7) is 2.88. The molecule has 0 spiro atoms. The van der Waals surface area contributed by atoms with Gasteiger partial charge in [-0.2, -0.15) is 0 Å². The predicted molar refractivity (Wildman–Crippen MR) is 123 cm³/mol. The minimum Gasteiger partial charge on any atom is -0.469 e. The third-order valence-electron chi connectivity index (χ3n) is 6.99. The van der Waals surface area contributed by atoms with Gasteiger partial charge >= 0.3 is 5.97 Å². The molecule has 2 aliphatic heterocycles. The zero-order valence-electron chi connectivity index (χ0n) is 19.5. The first-order valence-corrected chi connectivity index (χ1v) is 11.5. The first-order chi connectivity index (χ1) is 16.4. The largest absolute Gasteiger partial charge is 0.469 e. The summed E-state index contributed by atoms with van der Waals surface area (Å²) in [7, 11) is 1.37. The second-order valence-corrected chi connectivity index (χ2v) is 9.07. The zero-order valence-corrected chi connectivity index (χ0v) is 19.5. The molecule has 0 unspecified atom stereocenters. The molecule has 3 heterocycles. The summed E-state index contributed by atoms with van der Waals surface area (Å²) in [5.41, 5.74) is 1.13. The second kappa shape index (κ2) is 9.75. The lowest BCUT2D eigenvalue weighted by atomic mass is 9.73. The van der Waals surface area contributed by atoms with E-state index in [1.165, 1.54) is 12.0 Å². The van der Waals surface area contributed by atoms with Crippen LogP contribution in [0.25, 0.3) is 0 Å². The lowest BCUT2D eigenvalue weighted by Crippen LogP contribution is -2.46. The molecule has 178 valence electrons. The standard InChI is InChI=1S/C26H29N3O5/c1-18-5-3-4-6-21(18)26(15-22(30)28-13-9-20(10-14-28)24(32)34-2)16-23(31)29(25(26)33)17-19-7-11-27-12-8-19/h3-8,11-12,20H,9-10,13-17H2,1-2H3/t26-/m1/s1. The average Bonchev–Trinajstić information content (AvgIpc) is 3.09. The minimum atomic E-state index is -1.24. The molecule has 1 atom stereocenters. The highest BCUT2D eigenvalue weighted by Gasteiger charge is 2.54. The molecule has 0 radical (unpaired) electrons. The van der Waals surface area contributed by atoms with Crippen LogP contribution in [0.1, 0.15) is 42.4 Å². The van der Waals surface area contributed by atoms with Crippen molar-refractivity contribution in [1.82, 2.24) is 14.8 Å². The summed E-state index contributed by atoms with van der Waals surface area (Å²) in [5.74, 6) is -1.29. The molecular weight excluding hydrogens is 434 g/mol. The third-order valence-corrected chi connectivity index (χ3v) is 6.99. The molecule has 34 heavy (non-hydrogen) atoms. The van der Waals surface area contributed by atoms with Crippen molar-refractivity contribution < 1.29 is 23.9 Å². The van der Waals surface area contributed by atoms with Crippen molar-refractivity contribution in [2.24, 2.45) is 5.92 Å². The fraction of sp³-hybridized carbons (Fsp3) is 0.423. The van der Waals surface area contributed by atoms with Gasteiger partial charge in [-0.25, -0.2) is 0 Å². The van der Waals surface area contributed by atoms with Crippen molar-refractivity contribution in [3.8, 4) is 0 Å². The van der Waals surface area contributed by atoms with Crippen LogP contribution in [0.15, 0.2) is 48.8 Å². The number of carbonyl (C=O) groups excluding carboxylic acids is 4. The number of methoxy groups -OCH3 is 1. The van der Waals surface area contributed by atoms with Crippen molar-refractivity contribution in [3.05, 3.63) is 65.5 Å².